The minimum Gasteiger partial charge on any atom is -0.173 e. The summed E-state index contributed by atoms with van der Waals surface area (Å²) in [5.41, 5.74) is 11.2. The summed E-state index contributed by atoms with van der Waals surface area (Å²) in [5.74, 6) is 0. The first-order valence-corrected chi connectivity index (χ1v) is 10.9. The van der Waals surface area contributed by atoms with Gasteiger partial charge >= 0.3 is 0 Å². The summed E-state index contributed by atoms with van der Waals surface area (Å²) in [4.78, 5) is 0. The van der Waals surface area contributed by atoms with Crippen LogP contribution >= 0.6 is 23.5 Å². The molecule has 12 heteroatoms. The zero-order valence-electron chi connectivity index (χ0n) is 13.9. The highest BCUT2D eigenvalue weighted by Gasteiger charge is 2.27. The van der Waals surface area contributed by atoms with Gasteiger partial charge in [0.25, 0.3) is 0 Å². The van der Waals surface area contributed by atoms with Gasteiger partial charge < -0.3 is 0 Å². The van der Waals surface area contributed by atoms with Crippen LogP contribution in [0, 0.1) is 13.8 Å². The second-order valence-corrected chi connectivity index (χ2v) is 8.34. The Balaban J connectivity index is 1.67. The molecule has 2 aliphatic heterocycles. The molecule has 0 saturated heterocycles. The lowest BCUT2D eigenvalue weighted by Crippen LogP contribution is -1.96. The highest BCUT2D eigenvalue weighted by Crippen LogP contribution is 2.48. The SMILES string of the molecule is Cc1c2c(c(Cc3c4c(c(C)c5nsnc35)N=S=N4)c3nsnc13)N=S=N2. The summed E-state index contributed by atoms with van der Waals surface area (Å²) in [6.07, 6.45) is 0.591. The Kier molecular flexibility index (Phi) is 3.27. The topological polar surface area (TPSA) is 101 Å². The first-order chi connectivity index (χ1) is 13.2. The van der Waals surface area contributed by atoms with E-state index >= 15 is 0 Å². The molecular formula is C15H8N8S4. The molecule has 132 valence electrons. The predicted octanol–water partition coefficient (Wildman–Crippen LogP) is 5.36. The van der Waals surface area contributed by atoms with E-state index in [0.717, 1.165) is 67.1 Å². The van der Waals surface area contributed by atoms with E-state index in [-0.39, 0.29) is 0 Å². The molecule has 0 atom stereocenters. The highest BCUT2D eigenvalue weighted by molar-refractivity contribution is 7.58. The van der Waals surface area contributed by atoms with Crippen molar-refractivity contribution in [3.63, 3.8) is 0 Å². The Hall–Kier alpha value is -2.28. The zero-order chi connectivity index (χ0) is 18.1. The smallest absolute Gasteiger partial charge is 0.110 e. The van der Waals surface area contributed by atoms with Crippen LogP contribution in [-0.4, -0.2) is 17.5 Å². The lowest BCUT2D eigenvalue weighted by atomic mass is 9.94. The first kappa shape index (κ1) is 15.7. The summed E-state index contributed by atoms with van der Waals surface area (Å²) in [6, 6.07) is 0. The normalized spacial score (nSPS) is 14.0. The Morgan fingerprint density at radius 1 is 0.556 bits per heavy atom. The van der Waals surface area contributed by atoms with Crippen LogP contribution in [0.2, 0.25) is 0 Å². The van der Waals surface area contributed by atoms with Gasteiger partial charge in [0.1, 0.15) is 44.8 Å². The second-order valence-electron chi connectivity index (χ2n) is 6.23. The molecule has 6 rings (SSSR count). The molecule has 2 aromatic heterocycles. The molecule has 0 N–H and O–H groups in total. The molecule has 2 aromatic carbocycles. The Labute approximate surface area is 168 Å². The van der Waals surface area contributed by atoms with Crippen molar-refractivity contribution in [2.45, 2.75) is 20.3 Å². The minimum atomic E-state index is 0.591. The van der Waals surface area contributed by atoms with E-state index in [1.807, 2.05) is 13.8 Å². The Morgan fingerprint density at radius 3 is 1.44 bits per heavy atom. The van der Waals surface area contributed by atoms with E-state index in [9.17, 15) is 0 Å². The molecule has 0 spiro atoms. The standard InChI is InChI=1S/C15H8N8S4/c1-4-8-12(20-24-16-8)6(13-9(4)17-25-21-13)3-7-14-10(18-26-22-14)5(2)11-15(7)23-27-19-11/h3H2,1-2H3. The van der Waals surface area contributed by atoms with Crippen molar-refractivity contribution in [1.29, 1.82) is 0 Å². The largest absolute Gasteiger partial charge is 0.173 e. The van der Waals surface area contributed by atoms with E-state index in [0.29, 0.717) is 6.42 Å². The van der Waals surface area contributed by atoms with E-state index < -0.39 is 0 Å². The lowest BCUT2D eigenvalue weighted by molar-refractivity contribution is 1.20. The molecule has 4 heterocycles. The number of hydrogen-bond donors (Lipinski definition) is 0. The van der Waals surface area contributed by atoms with Crippen LogP contribution < -0.4 is 0 Å². The molecule has 8 nitrogen and oxygen atoms in total. The van der Waals surface area contributed by atoms with Crippen LogP contribution in [-0.2, 0) is 29.1 Å². The van der Waals surface area contributed by atoms with Gasteiger partial charge in [-0.25, -0.2) is 0 Å². The maximum absolute atomic E-state index is 4.56. The molecule has 0 saturated carbocycles. The summed E-state index contributed by atoms with van der Waals surface area (Å²) < 4.78 is 36.2. The lowest BCUT2D eigenvalue weighted by Gasteiger charge is -2.12. The van der Waals surface area contributed by atoms with E-state index in [1.54, 1.807) is 0 Å². The fraction of sp³-hybridized carbons (Fsp3) is 0.200. The highest BCUT2D eigenvalue weighted by atomic mass is 32.1. The average Bonchev–Trinajstić information content (AvgIpc) is 3.46. The molecule has 0 bridgehead atoms. The van der Waals surface area contributed by atoms with Crippen LogP contribution in [0.25, 0.3) is 22.1 Å². The van der Waals surface area contributed by atoms with E-state index in [4.69, 9.17) is 0 Å². The van der Waals surface area contributed by atoms with E-state index in [2.05, 4.69) is 34.9 Å². The summed E-state index contributed by atoms with van der Waals surface area (Å²) >= 11 is 4.86. The molecule has 0 amide bonds. The van der Waals surface area contributed by atoms with Crippen molar-refractivity contribution in [3.05, 3.63) is 22.3 Å². The number of nitrogens with zero attached hydrogens (tertiary/aromatic N) is 8. The second kappa shape index (κ2) is 5.61. The average molecular weight is 429 g/mol. The van der Waals surface area contributed by atoms with Crippen LogP contribution in [0.15, 0.2) is 17.5 Å². The van der Waals surface area contributed by atoms with Gasteiger partial charge in [-0.15, -0.1) is 0 Å². The third-order valence-electron chi connectivity index (χ3n) is 4.87. The quantitative estimate of drug-likeness (QED) is 0.370. The number of benzene rings is 2. The van der Waals surface area contributed by atoms with Gasteiger partial charge in [-0.05, 0) is 13.8 Å². The Bertz CT molecular complexity index is 1340. The zero-order valence-corrected chi connectivity index (χ0v) is 17.2. The summed E-state index contributed by atoms with van der Waals surface area (Å²) in [7, 11) is 0. The van der Waals surface area contributed by atoms with Gasteiger partial charge in [0.05, 0.1) is 46.2 Å². The maximum atomic E-state index is 4.56. The van der Waals surface area contributed by atoms with Crippen molar-refractivity contribution in [1.82, 2.24) is 17.5 Å². The van der Waals surface area contributed by atoms with Gasteiger partial charge in [0, 0.05) is 28.7 Å². The molecule has 0 aliphatic carbocycles. The summed E-state index contributed by atoms with van der Waals surface area (Å²) in [6.45, 7) is 4.04. The van der Waals surface area contributed by atoms with Gasteiger partial charge in [0.2, 0.25) is 0 Å². The fourth-order valence-corrected chi connectivity index (χ4v) is 5.99. The number of rotatable bonds is 2. The van der Waals surface area contributed by atoms with Crippen molar-refractivity contribution >= 4 is 91.0 Å². The molecule has 0 fully saturated rings. The molecule has 27 heavy (non-hydrogen) atoms. The van der Waals surface area contributed by atoms with Gasteiger partial charge in [-0.3, -0.25) is 0 Å². The van der Waals surface area contributed by atoms with Gasteiger partial charge in [0.15, 0.2) is 0 Å². The van der Waals surface area contributed by atoms with Crippen LogP contribution in [0.4, 0.5) is 22.7 Å². The number of hydrogen-bond acceptors (Lipinski definition) is 10. The minimum absolute atomic E-state index is 0.591. The number of aryl methyl sites for hydroxylation is 2. The van der Waals surface area contributed by atoms with Crippen LogP contribution in [0.1, 0.15) is 22.3 Å². The Morgan fingerprint density at radius 2 is 0.963 bits per heavy atom. The van der Waals surface area contributed by atoms with Gasteiger partial charge in [-0.1, -0.05) is 0 Å². The third-order valence-corrected chi connectivity index (χ3v) is 6.99. The molecule has 0 radical (unpaired) electrons. The number of aromatic nitrogens is 4. The maximum Gasteiger partial charge on any atom is 0.110 e. The molecular weight excluding hydrogens is 420 g/mol. The van der Waals surface area contributed by atoms with Crippen molar-refractivity contribution in [2.24, 2.45) is 17.5 Å². The van der Waals surface area contributed by atoms with Crippen molar-refractivity contribution in [2.75, 3.05) is 0 Å². The van der Waals surface area contributed by atoms with Crippen LogP contribution in [0.3, 0.4) is 0 Å². The molecule has 2 aliphatic rings. The number of fused-ring (bicyclic) bond motifs is 4. The molecule has 4 aromatic rings. The van der Waals surface area contributed by atoms with Crippen molar-refractivity contribution < 1.29 is 0 Å². The summed E-state index contributed by atoms with van der Waals surface area (Å²) in [5, 5.41) is 0. The van der Waals surface area contributed by atoms with Gasteiger partial charge in [-0.2, -0.15) is 34.9 Å². The van der Waals surface area contributed by atoms with E-state index in [1.165, 1.54) is 46.2 Å². The van der Waals surface area contributed by atoms with Crippen molar-refractivity contribution in [3.8, 4) is 0 Å². The third kappa shape index (κ3) is 2.06. The first-order valence-electron chi connectivity index (χ1n) is 7.96. The molecule has 0 unspecified atom stereocenters. The van der Waals surface area contributed by atoms with Crippen LogP contribution in [0.5, 0.6) is 0 Å². The fourth-order valence-electron chi connectivity index (χ4n) is 3.49. The predicted molar refractivity (Wildman–Crippen MR) is 110 cm³/mol. The monoisotopic (exact) mass is 428 g/mol.